The number of ether oxygens (including phenoxy) is 2. The summed E-state index contributed by atoms with van der Waals surface area (Å²) in [5, 5.41) is 11.1. The van der Waals surface area contributed by atoms with Gasteiger partial charge in [-0.05, 0) is 31.4 Å². The lowest BCUT2D eigenvalue weighted by Crippen LogP contribution is -2.39. The number of rotatable bonds is 7. The number of aliphatic hydroxyl groups excluding tert-OH is 1. The smallest absolute Gasteiger partial charge is 0.421 e. The van der Waals surface area contributed by atoms with Crippen molar-refractivity contribution in [2.24, 2.45) is 11.8 Å². The summed E-state index contributed by atoms with van der Waals surface area (Å²) in [7, 11) is -3.56. The van der Waals surface area contributed by atoms with Crippen LogP contribution in [0.5, 0.6) is 11.8 Å². The topological polar surface area (TPSA) is 196 Å². The van der Waals surface area contributed by atoms with Gasteiger partial charge in [-0.2, -0.15) is 9.97 Å². The van der Waals surface area contributed by atoms with Crippen LogP contribution in [0, 0.1) is 24.6 Å². The Kier molecular flexibility index (Phi) is 6.74. The SMILES string of the molecule is Cc1ncc(Oc2nc(N3CC4C[C@@H](O)C4C3)c3c(n2)[nH]c2c(N(C)C(=O)OCOP(=O)(O)O)cc(F)cc23)cn1. The summed E-state index contributed by atoms with van der Waals surface area (Å²) in [6.07, 6.45) is 2.20. The highest BCUT2D eigenvalue weighted by Gasteiger charge is 2.47. The second-order valence-electron chi connectivity index (χ2n) is 9.93. The molecule has 2 fully saturated rings. The van der Waals surface area contributed by atoms with E-state index in [9.17, 15) is 18.9 Å². The van der Waals surface area contributed by atoms with Gasteiger partial charge in [0.15, 0.2) is 5.75 Å². The number of nitrogens with one attached hydrogen (secondary N) is 1. The first-order valence-corrected chi connectivity index (χ1v) is 14.0. The molecule has 0 radical (unpaired) electrons. The van der Waals surface area contributed by atoms with Gasteiger partial charge in [0.2, 0.25) is 6.79 Å². The molecule has 0 spiro atoms. The van der Waals surface area contributed by atoms with Crippen molar-refractivity contribution in [3.8, 4) is 11.8 Å². The second-order valence-corrected chi connectivity index (χ2v) is 11.2. The summed E-state index contributed by atoms with van der Waals surface area (Å²) in [5.74, 6) is 1.03. The van der Waals surface area contributed by atoms with Gasteiger partial charge in [0.1, 0.15) is 23.1 Å². The molecule has 4 heterocycles. The van der Waals surface area contributed by atoms with Gasteiger partial charge in [-0.25, -0.2) is 28.2 Å². The molecule has 1 saturated heterocycles. The van der Waals surface area contributed by atoms with Crippen LogP contribution in [0.3, 0.4) is 0 Å². The Labute approximate surface area is 231 Å². The largest absolute Gasteiger partial charge is 0.472 e. The molecule has 4 aromatic rings. The molecule has 15 nitrogen and oxygen atoms in total. The standard InChI is InChI=1S/C24H25FN7O8P/c1-11-26-6-14(7-27-11)40-23-29-21-19(22(30-23)32-8-12-3-18(33)16(12)9-32)15-4-13(25)5-17(20(15)28-21)31(2)24(34)38-10-39-41(35,36)37/h4-7,12,16,18,33H,3,8-10H2,1-2H3,(H,28,29,30)(H2,35,36,37)/t12?,16?,18-/m1/s1. The van der Waals surface area contributed by atoms with Gasteiger partial charge in [-0.15, -0.1) is 0 Å². The highest BCUT2D eigenvalue weighted by molar-refractivity contribution is 7.46. The van der Waals surface area contributed by atoms with E-state index in [0.29, 0.717) is 64.8 Å². The number of fused-ring (bicyclic) bond motifs is 4. The van der Waals surface area contributed by atoms with E-state index < -0.39 is 32.6 Å². The van der Waals surface area contributed by atoms with E-state index in [2.05, 4.69) is 29.4 Å². The molecule has 2 unspecified atom stereocenters. The van der Waals surface area contributed by atoms with Gasteiger partial charge < -0.3 is 34.3 Å². The number of phosphoric ester groups is 1. The maximum Gasteiger partial charge on any atom is 0.472 e. The molecule has 3 aromatic heterocycles. The highest BCUT2D eigenvalue weighted by Crippen LogP contribution is 2.45. The lowest BCUT2D eigenvalue weighted by molar-refractivity contribution is -0.00399. The number of phosphoric acid groups is 1. The molecule has 4 N–H and O–H groups in total. The fraction of sp³-hybridized carbons (Fsp3) is 0.375. The summed E-state index contributed by atoms with van der Waals surface area (Å²) in [6, 6.07) is 2.37. The number of H-pyrrole nitrogens is 1. The van der Waals surface area contributed by atoms with Gasteiger partial charge in [0, 0.05) is 31.4 Å². The fourth-order valence-corrected chi connectivity index (χ4v) is 5.46. The Balaban J connectivity index is 1.43. The summed E-state index contributed by atoms with van der Waals surface area (Å²) in [4.78, 5) is 53.7. The molecular weight excluding hydrogens is 564 g/mol. The molecule has 0 bridgehead atoms. The fourth-order valence-electron chi connectivity index (χ4n) is 5.27. The van der Waals surface area contributed by atoms with Crippen molar-refractivity contribution in [1.82, 2.24) is 24.9 Å². The van der Waals surface area contributed by atoms with E-state index in [4.69, 9.17) is 19.3 Å². The Morgan fingerprint density at radius 3 is 2.68 bits per heavy atom. The van der Waals surface area contributed by atoms with E-state index >= 15 is 0 Å². The van der Waals surface area contributed by atoms with E-state index in [1.165, 1.54) is 25.5 Å². The zero-order valence-corrected chi connectivity index (χ0v) is 22.7. The molecule has 41 heavy (non-hydrogen) atoms. The monoisotopic (exact) mass is 589 g/mol. The van der Waals surface area contributed by atoms with Crippen LogP contribution >= 0.6 is 7.82 Å². The molecule has 1 aromatic carbocycles. The van der Waals surface area contributed by atoms with Crippen molar-refractivity contribution in [3.05, 3.63) is 36.2 Å². The molecule has 2 aliphatic rings. The van der Waals surface area contributed by atoms with Crippen LogP contribution in [-0.4, -0.2) is 78.9 Å². The summed E-state index contributed by atoms with van der Waals surface area (Å²) < 4.78 is 40.7. The Bertz CT molecular complexity index is 1700. The number of aliphatic hydroxyl groups is 1. The summed E-state index contributed by atoms with van der Waals surface area (Å²) in [6.45, 7) is 1.88. The van der Waals surface area contributed by atoms with E-state index in [0.717, 1.165) is 11.0 Å². The number of anilines is 2. The first-order valence-electron chi connectivity index (χ1n) is 12.5. The molecule has 216 valence electrons. The number of aromatic amines is 1. The molecule has 6 rings (SSSR count). The van der Waals surface area contributed by atoms with Gasteiger partial charge in [-0.1, -0.05) is 0 Å². The number of halogens is 1. The number of hydrogen-bond donors (Lipinski definition) is 4. The molecule has 1 saturated carbocycles. The van der Waals surface area contributed by atoms with Crippen LogP contribution in [0.25, 0.3) is 21.9 Å². The van der Waals surface area contributed by atoms with Crippen molar-refractivity contribution in [3.63, 3.8) is 0 Å². The maximum atomic E-state index is 15.0. The third-order valence-electron chi connectivity index (χ3n) is 7.30. The first-order chi connectivity index (χ1) is 19.5. The number of carbonyl (C=O) groups is 1. The van der Waals surface area contributed by atoms with Crippen LogP contribution in [0.15, 0.2) is 24.5 Å². The third kappa shape index (κ3) is 5.27. The van der Waals surface area contributed by atoms with Gasteiger partial charge in [-0.3, -0.25) is 4.90 Å². The third-order valence-corrected chi connectivity index (χ3v) is 7.74. The quantitative estimate of drug-likeness (QED) is 0.181. The van der Waals surface area contributed by atoms with Crippen molar-refractivity contribution >= 4 is 47.4 Å². The Morgan fingerprint density at radius 1 is 1.24 bits per heavy atom. The molecule has 1 amide bonds. The van der Waals surface area contributed by atoms with Crippen molar-refractivity contribution in [2.45, 2.75) is 19.4 Å². The second kappa shape index (κ2) is 10.2. The number of benzene rings is 1. The van der Waals surface area contributed by atoms with Crippen LogP contribution in [0.1, 0.15) is 12.2 Å². The number of carbonyl (C=O) groups excluding carboxylic acids is 1. The minimum absolute atomic E-state index is 0.0179. The van der Waals surface area contributed by atoms with Crippen molar-refractivity contribution < 1.29 is 42.6 Å². The van der Waals surface area contributed by atoms with E-state index in [1.807, 2.05) is 4.90 Å². The van der Waals surface area contributed by atoms with Gasteiger partial charge >= 0.3 is 19.9 Å². The lowest BCUT2D eigenvalue weighted by Gasteiger charge is -2.34. The maximum absolute atomic E-state index is 15.0. The van der Waals surface area contributed by atoms with Crippen LogP contribution < -0.4 is 14.5 Å². The minimum Gasteiger partial charge on any atom is -0.421 e. The molecule has 1 aliphatic carbocycles. The predicted octanol–water partition coefficient (Wildman–Crippen LogP) is 2.60. The number of hydrogen-bond acceptors (Lipinski definition) is 11. The number of aryl methyl sites for hydroxylation is 1. The highest BCUT2D eigenvalue weighted by atomic mass is 31.2. The van der Waals surface area contributed by atoms with Crippen molar-refractivity contribution in [2.75, 3.05) is 36.7 Å². The number of amides is 1. The van der Waals surface area contributed by atoms with Crippen LogP contribution in [0.2, 0.25) is 0 Å². The van der Waals surface area contributed by atoms with Crippen LogP contribution in [0.4, 0.5) is 20.7 Å². The lowest BCUT2D eigenvalue weighted by atomic mass is 9.74. The van der Waals surface area contributed by atoms with Gasteiger partial charge in [0.25, 0.3) is 0 Å². The van der Waals surface area contributed by atoms with Crippen LogP contribution in [-0.2, 0) is 13.8 Å². The minimum atomic E-state index is -4.87. The van der Waals surface area contributed by atoms with Gasteiger partial charge in [0.05, 0.1) is 35.1 Å². The molecule has 3 atom stereocenters. The average molecular weight is 589 g/mol. The normalized spacial score (nSPS) is 20.2. The zero-order chi connectivity index (χ0) is 29.1. The Morgan fingerprint density at radius 2 is 2.00 bits per heavy atom. The molecule has 17 heteroatoms. The van der Waals surface area contributed by atoms with Crippen molar-refractivity contribution in [1.29, 1.82) is 0 Å². The summed E-state index contributed by atoms with van der Waals surface area (Å²) in [5.41, 5.74) is 0.688. The van der Waals surface area contributed by atoms with E-state index in [-0.39, 0.29) is 17.6 Å². The summed E-state index contributed by atoms with van der Waals surface area (Å²) >= 11 is 0. The first kappa shape index (κ1) is 27.2. The van der Waals surface area contributed by atoms with E-state index in [1.54, 1.807) is 6.92 Å². The number of aromatic nitrogens is 5. The average Bonchev–Trinajstić information content (AvgIpc) is 3.45. The predicted molar refractivity (Wildman–Crippen MR) is 141 cm³/mol. The molecule has 1 aliphatic heterocycles. The molecular formula is C24H25FN7O8P. The zero-order valence-electron chi connectivity index (χ0n) is 21.8. The number of nitrogens with zero attached hydrogens (tertiary/aromatic N) is 6. The Hall–Kier alpha value is -3.95.